The number of rotatable bonds is 8. The summed E-state index contributed by atoms with van der Waals surface area (Å²) in [5.74, 6) is 0.296. The van der Waals surface area contributed by atoms with Gasteiger partial charge in [0.15, 0.2) is 15.7 Å². The van der Waals surface area contributed by atoms with Crippen molar-refractivity contribution in [3.63, 3.8) is 0 Å². The van der Waals surface area contributed by atoms with E-state index in [2.05, 4.69) is 10.2 Å². The Morgan fingerprint density at radius 1 is 1.31 bits per heavy atom. The molecular formula is C18H25N5O2S. The lowest BCUT2D eigenvalue weighted by Gasteiger charge is -2.17. The van der Waals surface area contributed by atoms with Crippen LogP contribution in [0.1, 0.15) is 28.8 Å². The number of H-pyrrole nitrogens is 1. The summed E-state index contributed by atoms with van der Waals surface area (Å²) in [5.41, 5.74) is 8.45. The van der Waals surface area contributed by atoms with Crippen LogP contribution in [0, 0.1) is 25.2 Å². The van der Waals surface area contributed by atoms with Gasteiger partial charge in [-0.2, -0.15) is 10.4 Å². The fraction of sp³-hybridized carbons (Fsp3) is 0.444. The molecule has 1 aromatic carbocycles. The van der Waals surface area contributed by atoms with E-state index >= 15 is 0 Å². The zero-order chi connectivity index (χ0) is 19.3. The SMILES string of the molecule is Cc1ccc(C)c(S(=O)(=O)CCN(C)CCCc2[nH]nc(N)c2C#N)c1. The van der Waals surface area contributed by atoms with Crippen LogP contribution < -0.4 is 5.73 Å². The number of nitrogens with two attached hydrogens (primary N) is 1. The lowest BCUT2D eigenvalue weighted by Crippen LogP contribution is -2.27. The Balaban J connectivity index is 1.87. The maximum atomic E-state index is 12.6. The van der Waals surface area contributed by atoms with Crippen molar-refractivity contribution in [2.24, 2.45) is 0 Å². The number of nitrogens with zero attached hydrogens (tertiary/aromatic N) is 3. The fourth-order valence-electron chi connectivity index (χ4n) is 2.77. The molecule has 0 atom stereocenters. The monoisotopic (exact) mass is 375 g/mol. The molecule has 0 bridgehead atoms. The van der Waals surface area contributed by atoms with Crippen molar-refractivity contribution in [2.45, 2.75) is 31.6 Å². The summed E-state index contributed by atoms with van der Waals surface area (Å²) in [5, 5.41) is 15.7. The normalized spacial score (nSPS) is 11.7. The third-order valence-electron chi connectivity index (χ3n) is 4.37. The van der Waals surface area contributed by atoms with Crippen molar-refractivity contribution in [1.82, 2.24) is 15.1 Å². The molecule has 0 aliphatic carbocycles. The lowest BCUT2D eigenvalue weighted by molar-refractivity contribution is 0.347. The molecule has 0 unspecified atom stereocenters. The molecule has 0 aliphatic heterocycles. The van der Waals surface area contributed by atoms with E-state index in [0.717, 1.165) is 23.2 Å². The van der Waals surface area contributed by atoms with E-state index in [-0.39, 0.29) is 11.6 Å². The van der Waals surface area contributed by atoms with Gasteiger partial charge < -0.3 is 10.6 Å². The smallest absolute Gasteiger partial charge is 0.179 e. The average Bonchev–Trinajstić information content (AvgIpc) is 2.95. The molecule has 1 heterocycles. The molecule has 8 heteroatoms. The Labute approximate surface area is 154 Å². The van der Waals surface area contributed by atoms with E-state index in [1.54, 1.807) is 6.07 Å². The predicted octanol–water partition coefficient (Wildman–Crippen LogP) is 1.82. The molecule has 0 saturated carbocycles. The summed E-state index contributed by atoms with van der Waals surface area (Å²) < 4.78 is 25.2. The quantitative estimate of drug-likeness (QED) is 0.727. The van der Waals surface area contributed by atoms with Crippen LogP contribution in [0.15, 0.2) is 23.1 Å². The number of anilines is 1. The Hall–Kier alpha value is -2.37. The predicted molar refractivity (Wildman–Crippen MR) is 102 cm³/mol. The number of hydrogen-bond donors (Lipinski definition) is 2. The summed E-state index contributed by atoms with van der Waals surface area (Å²) in [6.07, 6.45) is 1.41. The Morgan fingerprint density at radius 3 is 2.73 bits per heavy atom. The van der Waals surface area contributed by atoms with Gasteiger partial charge in [0, 0.05) is 6.54 Å². The van der Waals surface area contributed by atoms with E-state index in [1.807, 2.05) is 44.0 Å². The summed E-state index contributed by atoms with van der Waals surface area (Å²) >= 11 is 0. The molecule has 0 spiro atoms. The van der Waals surface area contributed by atoms with Crippen molar-refractivity contribution in [1.29, 1.82) is 5.26 Å². The highest BCUT2D eigenvalue weighted by molar-refractivity contribution is 7.91. The summed E-state index contributed by atoms with van der Waals surface area (Å²) in [7, 11) is -1.42. The fourth-order valence-corrected chi connectivity index (χ4v) is 4.46. The maximum Gasteiger partial charge on any atom is 0.179 e. The minimum Gasteiger partial charge on any atom is -0.381 e. The third-order valence-corrected chi connectivity index (χ3v) is 6.20. The number of aromatic amines is 1. The highest BCUT2D eigenvalue weighted by atomic mass is 32.2. The first-order valence-corrected chi connectivity index (χ1v) is 10.1. The van der Waals surface area contributed by atoms with Gasteiger partial charge in [-0.15, -0.1) is 0 Å². The van der Waals surface area contributed by atoms with Gasteiger partial charge in [0.2, 0.25) is 0 Å². The number of benzene rings is 1. The topological polar surface area (TPSA) is 116 Å². The van der Waals surface area contributed by atoms with E-state index in [1.165, 1.54) is 0 Å². The molecular weight excluding hydrogens is 350 g/mol. The molecule has 0 saturated heterocycles. The minimum absolute atomic E-state index is 0.0776. The molecule has 26 heavy (non-hydrogen) atoms. The van der Waals surface area contributed by atoms with Crippen molar-refractivity contribution >= 4 is 15.7 Å². The molecule has 2 rings (SSSR count). The molecule has 0 fully saturated rings. The van der Waals surface area contributed by atoms with Crippen LogP contribution in [-0.2, 0) is 16.3 Å². The maximum absolute atomic E-state index is 12.6. The second-order valence-corrected chi connectivity index (χ2v) is 8.65. The van der Waals surface area contributed by atoms with Crippen LogP contribution in [0.4, 0.5) is 5.82 Å². The van der Waals surface area contributed by atoms with Crippen molar-refractivity contribution in [2.75, 3.05) is 31.6 Å². The number of nitriles is 1. The average molecular weight is 375 g/mol. The third kappa shape index (κ3) is 4.84. The number of hydrogen-bond acceptors (Lipinski definition) is 6. The largest absolute Gasteiger partial charge is 0.381 e. The molecule has 3 N–H and O–H groups in total. The molecule has 0 radical (unpaired) electrons. The highest BCUT2D eigenvalue weighted by Gasteiger charge is 2.18. The standard InChI is InChI=1S/C18H25N5O2S/c1-13-6-7-14(2)17(11-13)26(24,25)10-9-23(3)8-4-5-16-15(12-19)18(20)22-21-16/h6-7,11H,4-5,8-10H2,1-3H3,(H3,20,21,22). The summed E-state index contributed by atoms with van der Waals surface area (Å²) in [6, 6.07) is 7.53. The van der Waals surface area contributed by atoms with E-state index < -0.39 is 9.84 Å². The zero-order valence-electron chi connectivity index (χ0n) is 15.4. The first-order valence-electron chi connectivity index (χ1n) is 8.46. The summed E-state index contributed by atoms with van der Waals surface area (Å²) in [4.78, 5) is 2.39. The van der Waals surface area contributed by atoms with Gasteiger partial charge in [-0.25, -0.2) is 8.42 Å². The highest BCUT2D eigenvalue weighted by Crippen LogP contribution is 2.18. The molecule has 0 aliphatic rings. The molecule has 2 aromatic rings. The van der Waals surface area contributed by atoms with Crippen LogP contribution in [0.25, 0.3) is 0 Å². The van der Waals surface area contributed by atoms with Crippen LogP contribution in [0.2, 0.25) is 0 Å². The van der Waals surface area contributed by atoms with E-state index in [4.69, 9.17) is 11.0 Å². The minimum atomic E-state index is -3.31. The van der Waals surface area contributed by atoms with Gasteiger partial charge in [-0.05, 0) is 57.5 Å². The van der Waals surface area contributed by atoms with Crippen LogP contribution in [0.5, 0.6) is 0 Å². The second-order valence-electron chi connectivity index (χ2n) is 6.57. The summed E-state index contributed by atoms with van der Waals surface area (Å²) in [6.45, 7) is 4.87. The number of sulfone groups is 1. The molecule has 1 aromatic heterocycles. The first-order chi connectivity index (χ1) is 12.2. The zero-order valence-corrected chi connectivity index (χ0v) is 16.2. The van der Waals surface area contributed by atoms with Crippen LogP contribution in [-0.4, -0.2) is 49.4 Å². The van der Waals surface area contributed by atoms with E-state index in [9.17, 15) is 8.42 Å². The Bertz CT molecular complexity index is 912. The number of aromatic nitrogens is 2. The van der Waals surface area contributed by atoms with Crippen LogP contribution in [0.3, 0.4) is 0 Å². The molecule has 7 nitrogen and oxygen atoms in total. The number of nitrogens with one attached hydrogen (secondary N) is 1. The second kappa shape index (κ2) is 8.34. The lowest BCUT2D eigenvalue weighted by atomic mass is 10.1. The number of aryl methyl sites for hydroxylation is 3. The van der Waals surface area contributed by atoms with Gasteiger partial charge >= 0.3 is 0 Å². The van der Waals surface area contributed by atoms with Crippen molar-refractivity contribution in [3.05, 3.63) is 40.6 Å². The van der Waals surface area contributed by atoms with Crippen LogP contribution >= 0.6 is 0 Å². The Morgan fingerprint density at radius 2 is 2.04 bits per heavy atom. The van der Waals surface area contributed by atoms with Gasteiger partial charge in [0.25, 0.3) is 0 Å². The van der Waals surface area contributed by atoms with Crippen molar-refractivity contribution < 1.29 is 8.42 Å². The van der Waals surface area contributed by atoms with Crippen molar-refractivity contribution in [3.8, 4) is 6.07 Å². The van der Waals surface area contributed by atoms with Gasteiger partial charge in [-0.3, -0.25) is 5.10 Å². The van der Waals surface area contributed by atoms with E-state index in [0.29, 0.717) is 30.0 Å². The van der Waals surface area contributed by atoms with Gasteiger partial charge in [0.05, 0.1) is 16.3 Å². The van der Waals surface area contributed by atoms with Gasteiger partial charge in [0.1, 0.15) is 11.6 Å². The molecule has 140 valence electrons. The molecule has 0 amide bonds. The first kappa shape index (κ1) is 19.9. The van der Waals surface area contributed by atoms with Gasteiger partial charge in [-0.1, -0.05) is 12.1 Å². The Kier molecular flexibility index (Phi) is 6.40. The number of nitrogen functional groups attached to an aromatic ring is 1.